The zero-order valence-corrected chi connectivity index (χ0v) is 8.70. The molecular weight excluding hydrogens is 180 g/mol. The molecule has 1 aliphatic heterocycles. The van der Waals surface area contributed by atoms with Crippen molar-refractivity contribution in [3.8, 4) is 0 Å². The van der Waals surface area contributed by atoms with Gasteiger partial charge in [0, 0.05) is 25.9 Å². The molecule has 0 saturated heterocycles. The quantitative estimate of drug-likeness (QED) is 0.678. The highest BCUT2D eigenvalue weighted by atomic mass is 16.4. The van der Waals surface area contributed by atoms with E-state index in [-0.39, 0.29) is 11.9 Å². The van der Waals surface area contributed by atoms with Crippen LogP contribution < -0.4 is 0 Å². The molecule has 76 valence electrons. The maximum Gasteiger partial charge on any atom is 0.291 e. The van der Waals surface area contributed by atoms with Crippen LogP contribution in [0.15, 0.2) is 4.42 Å². The minimum atomic E-state index is -0.0261. The van der Waals surface area contributed by atoms with E-state index in [2.05, 4.69) is 4.98 Å². The molecule has 0 bridgehead atoms. The van der Waals surface area contributed by atoms with Crippen molar-refractivity contribution >= 4 is 5.91 Å². The van der Waals surface area contributed by atoms with Crippen molar-refractivity contribution in [3.05, 3.63) is 17.3 Å². The number of carbonyl (C=O) groups is 1. The van der Waals surface area contributed by atoms with E-state index in [4.69, 9.17) is 4.42 Å². The summed E-state index contributed by atoms with van der Waals surface area (Å²) in [5.41, 5.74) is 0.810. The predicted octanol–water partition coefficient (Wildman–Crippen LogP) is 1.39. The molecule has 0 N–H and O–H groups in total. The summed E-state index contributed by atoms with van der Waals surface area (Å²) in [6.07, 6.45) is 0.802. The predicted molar refractivity (Wildman–Crippen MR) is 51.1 cm³/mol. The number of rotatable bonds is 1. The fourth-order valence-corrected chi connectivity index (χ4v) is 1.76. The first-order valence-corrected chi connectivity index (χ1v) is 4.87. The van der Waals surface area contributed by atoms with E-state index < -0.39 is 0 Å². The lowest BCUT2D eigenvalue weighted by molar-refractivity contribution is 0.0650. The van der Waals surface area contributed by atoms with Gasteiger partial charge in [0.05, 0.1) is 5.69 Å². The van der Waals surface area contributed by atoms with E-state index in [1.165, 1.54) is 0 Å². The molecule has 0 fully saturated rings. The molecule has 1 amide bonds. The average Bonchev–Trinajstić information content (AvgIpc) is 2.46. The van der Waals surface area contributed by atoms with Crippen molar-refractivity contribution in [2.24, 2.45) is 0 Å². The molecule has 0 aliphatic carbocycles. The number of hydrogen-bond donors (Lipinski definition) is 0. The smallest absolute Gasteiger partial charge is 0.291 e. The maximum absolute atomic E-state index is 11.9. The molecule has 0 saturated carbocycles. The molecule has 2 heterocycles. The first-order chi connectivity index (χ1) is 6.59. The number of hydrogen-bond acceptors (Lipinski definition) is 3. The summed E-state index contributed by atoms with van der Waals surface area (Å²) >= 11 is 0. The number of nitrogens with zero attached hydrogens (tertiary/aromatic N) is 2. The van der Waals surface area contributed by atoms with Crippen molar-refractivity contribution in [3.63, 3.8) is 0 Å². The van der Waals surface area contributed by atoms with Gasteiger partial charge in [-0.2, -0.15) is 0 Å². The van der Waals surface area contributed by atoms with Crippen LogP contribution in [0.1, 0.15) is 36.0 Å². The second-order valence-electron chi connectivity index (χ2n) is 3.85. The van der Waals surface area contributed by atoms with Crippen LogP contribution in [-0.2, 0) is 6.42 Å². The van der Waals surface area contributed by atoms with Crippen LogP contribution in [-0.4, -0.2) is 28.4 Å². The number of carbonyl (C=O) groups excluding carboxylic acids is 1. The van der Waals surface area contributed by atoms with E-state index in [0.29, 0.717) is 11.7 Å². The summed E-state index contributed by atoms with van der Waals surface area (Å²) in [6, 6.07) is 0.223. The monoisotopic (exact) mass is 194 g/mol. The van der Waals surface area contributed by atoms with Gasteiger partial charge < -0.3 is 9.32 Å². The Morgan fingerprint density at radius 1 is 1.50 bits per heavy atom. The lowest BCUT2D eigenvalue weighted by atomic mass is 10.1. The highest BCUT2D eigenvalue weighted by Crippen LogP contribution is 2.20. The first kappa shape index (κ1) is 9.24. The molecule has 0 unspecified atom stereocenters. The summed E-state index contributed by atoms with van der Waals surface area (Å²) in [4.78, 5) is 17.9. The highest BCUT2D eigenvalue weighted by Gasteiger charge is 2.30. The number of oxazole rings is 1. The van der Waals surface area contributed by atoms with Gasteiger partial charge in [-0.25, -0.2) is 4.98 Å². The van der Waals surface area contributed by atoms with Crippen LogP contribution in [0.5, 0.6) is 0 Å². The van der Waals surface area contributed by atoms with Crippen molar-refractivity contribution < 1.29 is 9.21 Å². The maximum atomic E-state index is 11.9. The van der Waals surface area contributed by atoms with Gasteiger partial charge in [-0.15, -0.1) is 0 Å². The van der Waals surface area contributed by atoms with Crippen molar-refractivity contribution in [2.75, 3.05) is 6.54 Å². The van der Waals surface area contributed by atoms with Crippen LogP contribution >= 0.6 is 0 Å². The van der Waals surface area contributed by atoms with Gasteiger partial charge in [-0.05, 0) is 13.8 Å². The van der Waals surface area contributed by atoms with Gasteiger partial charge in [-0.1, -0.05) is 0 Å². The van der Waals surface area contributed by atoms with Crippen molar-refractivity contribution in [2.45, 2.75) is 33.2 Å². The largest absolute Gasteiger partial charge is 0.436 e. The molecule has 1 aromatic heterocycles. The van der Waals surface area contributed by atoms with Crippen LogP contribution in [0, 0.1) is 6.92 Å². The Hall–Kier alpha value is -1.32. The zero-order valence-electron chi connectivity index (χ0n) is 8.70. The van der Waals surface area contributed by atoms with Gasteiger partial charge in [0.1, 0.15) is 0 Å². The molecule has 1 aliphatic rings. The third-order valence-electron chi connectivity index (χ3n) is 2.47. The first-order valence-electron chi connectivity index (χ1n) is 4.87. The molecule has 0 aromatic carbocycles. The second-order valence-corrected chi connectivity index (χ2v) is 3.85. The molecule has 14 heavy (non-hydrogen) atoms. The topological polar surface area (TPSA) is 46.3 Å². The van der Waals surface area contributed by atoms with Crippen LogP contribution in [0.2, 0.25) is 0 Å². The molecule has 1 aromatic rings. The minimum absolute atomic E-state index is 0.0261. The number of aromatic nitrogens is 1. The lowest BCUT2D eigenvalue weighted by Crippen LogP contribution is -2.41. The second kappa shape index (κ2) is 3.12. The number of fused-ring (bicyclic) bond motifs is 1. The van der Waals surface area contributed by atoms with E-state index in [9.17, 15) is 4.79 Å². The lowest BCUT2D eigenvalue weighted by Gasteiger charge is -2.28. The van der Waals surface area contributed by atoms with Gasteiger partial charge in [0.15, 0.2) is 5.89 Å². The normalized spacial score (nSPS) is 16.3. The minimum Gasteiger partial charge on any atom is -0.436 e. The Kier molecular flexibility index (Phi) is 2.06. The fraction of sp³-hybridized carbons (Fsp3) is 0.600. The van der Waals surface area contributed by atoms with Gasteiger partial charge in [-0.3, -0.25) is 4.79 Å². The number of amides is 1. The van der Waals surface area contributed by atoms with Crippen LogP contribution in [0.3, 0.4) is 0 Å². The Labute approximate surface area is 82.9 Å². The van der Waals surface area contributed by atoms with E-state index in [1.807, 2.05) is 18.7 Å². The van der Waals surface area contributed by atoms with Crippen molar-refractivity contribution in [1.29, 1.82) is 0 Å². The average molecular weight is 194 g/mol. The molecule has 2 rings (SSSR count). The Bertz CT molecular complexity index is 368. The number of aryl methyl sites for hydroxylation is 1. The third-order valence-corrected chi connectivity index (χ3v) is 2.47. The summed E-state index contributed by atoms with van der Waals surface area (Å²) in [5.74, 6) is 0.984. The molecular formula is C10H14N2O2. The standard InChI is InChI=1S/C10H14N2O2/c1-6(2)12-5-4-8-9(10(12)13)14-7(3)11-8/h6H,4-5H2,1-3H3. The van der Waals surface area contributed by atoms with E-state index in [0.717, 1.165) is 18.7 Å². The summed E-state index contributed by atoms with van der Waals surface area (Å²) in [7, 11) is 0. The summed E-state index contributed by atoms with van der Waals surface area (Å²) in [6.45, 7) is 6.53. The van der Waals surface area contributed by atoms with Crippen LogP contribution in [0.4, 0.5) is 0 Å². The molecule has 4 heteroatoms. The van der Waals surface area contributed by atoms with E-state index in [1.54, 1.807) is 6.92 Å². The van der Waals surface area contributed by atoms with Gasteiger partial charge in [0.2, 0.25) is 5.76 Å². The SMILES string of the molecule is Cc1nc2c(o1)C(=O)N(C(C)C)CC2. The summed E-state index contributed by atoms with van der Waals surface area (Å²) < 4.78 is 5.30. The Morgan fingerprint density at radius 2 is 2.21 bits per heavy atom. The highest BCUT2D eigenvalue weighted by molar-refractivity contribution is 5.93. The molecule has 0 atom stereocenters. The van der Waals surface area contributed by atoms with Crippen molar-refractivity contribution in [1.82, 2.24) is 9.88 Å². The van der Waals surface area contributed by atoms with Crippen LogP contribution in [0.25, 0.3) is 0 Å². The molecule has 0 spiro atoms. The van der Waals surface area contributed by atoms with Gasteiger partial charge in [0.25, 0.3) is 5.91 Å². The fourth-order valence-electron chi connectivity index (χ4n) is 1.76. The molecule has 4 nitrogen and oxygen atoms in total. The Balaban J connectivity index is 2.36. The summed E-state index contributed by atoms with van der Waals surface area (Å²) in [5, 5.41) is 0. The Morgan fingerprint density at radius 3 is 2.86 bits per heavy atom. The van der Waals surface area contributed by atoms with E-state index >= 15 is 0 Å². The molecule has 0 radical (unpaired) electrons. The van der Waals surface area contributed by atoms with Gasteiger partial charge >= 0.3 is 0 Å². The third kappa shape index (κ3) is 1.31. The zero-order chi connectivity index (χ0) is 10.3.